The molecule has 318 valence electrons. The van der Waals surface area contributed by atoms with E-state index in [-0.39, 0.29) is 11.9 Å². The summed E-state index contributed by atoms with van der Waals surface area (Å²) >= 11 is 0. The Kier molecular flexibility index (Phi) is 8.36. The van der Waals surface area contributed by atoms with E-state index >= 15 is 0 Å². The monoisotopic (exact) mass is 871 g/mol. The number of halogens is 3. The second-order valence-electron chi connectivity index (χ2n) is 17.0. The van der Waals surface area contributed by atoms with Gasteiger partial charge < -0.3 is 8.83 Å². The Labute approximate surface area is 374 Å². The van der Waals surface area contributed by atoms with E-state index in [2.05, 4.69) is 122 Å². The van der Waals surface area contributed by atoms with Crippen LogP contribution in [0.25, 0.3) is 99.7 Å². The second kappa shape index (κ2) is 14.4. The van der Waals surface area contributed by atoms with E-state index in [1.807, 2.05) is 59.3 Å². The normalized spacial score (nSPS) is 13.8. The number of nitrogens with zero attached hydrogens (tertiary/aromatic N) is 6. The first-order valence-corrected chi connectivity index (χ1v) is 22.0. The third-order valence-corrected chi connectivity index (χ3v) is 13.4. The minimum absolute atomic E-state index is 0.108. The summed E-state index contributed by atoms with van der Waals surface area (Å²) in [7, 11) is 1.49. The number of rotatable bonds is 7. The van der Waals surface area contributed by atoms with Crippen LogP contribution in [0.4, 0.5) is 13.2 Å². The van der Waals surface area contributed by atoms with Crippen LogP contribution < -0.4 is 13.7 Å². The smallest absolute Gasteiger partial charge is 0.453 e. The summed E-state index contributed by atoms with van der Waals surface area (Å²) in [5, 5.41) is 10.1. The van der Waals surface area contributed by atoms with Gasteiger partial charge in [-0.3, -0.25) is 0 Å². The Morgan fingerprint density at radius 3 is 1.92 bits per heavy atom. The highest BCUT2D eigenvalue weighted by molar-refractivity contribution is 6.11. The van der Waals surface area contributed by atoms with Gasteiger partial charge in [-0.1, -0.05) is 78.9 Å². The zero-order valence-corrected chi connectivity index (χ0v) is 35.5. The highest BCUT2D eigenvalue weighted by Crippen LogP contribution is 2.46. The van der Waals surface area contributed by atoms with Crippen LogP contribution in [0.1, 0.15) is 23.0 Å². The zero-order chi connectivity index (χ0) is 44.3. The molecule has 12 aromatic rings. The Morgan fingerprint density at radius 1 is 0.576 bits per heavy atom. The molecule has 1 aliphatic heterocycles. The largest absolute Gasteiger partial charge is 0.455 e. The quantitative estimate of drug-likeness (QED) is 0.150. The van der Waals surface area contributed by atoms with Crippen molar-refractivity contribution in [3.8, 4) is 34.0 Å². The highest BCUT2D eigenvalue weighted by Gasteiger charge is 2.42. The molecule has 0 spiro atoms. The van der Waals surface area contributed by atoms with Gasteiger partial charge >= 0.3 is 6.18 Å². The van der Waals surface area contributed by atoms with Gasteiger partial charge in [-0.05, 0) is 54.1 Å². The topological polar surface area (TPSA) is 68.6 Å². The Bertz CT molecular complexity index is 3960. The van der Waals surface area contributed by atoms with Crippen LogP contribution in [0.3, 0.4) is 0 Å². The molecule has 0 radical (unpaired) electrons. The van der Waals surface area contributed by atoms with E-state index in [1.54, 1.807) is 12.1 Å². The molecule has 1 atom stereocenters. The Morgan fingerprint density at radius 2 is 1.20 bits per heavy atom. The van der Waals surface area contributed by atoms with Crippen molar-refractivity contribution in [3.63, 3.8) is 0 Å². The fourth-order valence-corrected chi connectivity index (χ4v) is 10.5. The average molecular weight is 872 g/mol. The van der Waals surface area contributed by atoms with Crippen LogP contribution >= 0.6 is 0 Å². The van der Waals surface area contributed by atoms with Crippen molar-refractivity contribution >= 4 is 65.7 Å². The molecule has 0 amide bonds. The van der Waals surface area contributed by atoms with Gasteiger partial charge in [0.05, 0.1) is 11.1 Å². The van der Waals surface area contributed by atoms with Gasteiger partial charge in [0, 0.05) is 87.7 Å². The number of hydrogen-bond acceptors (Lipinski definition) is 4. The molecule has 1 aliphatic rings. The van der Waals surface area contributed by atoms with E-state index in [1.165, 1.54) is 17.3 Å². The molecular formula is C55H38F3N6O2+3. The van der Waals surface area contributed by atoms with Crippen molar-refractivity contribution in [1.29, 1.82) is 0 Å². The van der Waals surface area contributed by atoms with Crippen molar-refractivity contribution in [2.24, 2.45) is 7.05 Å². The summed E-state index contributed by atoms with van der Waals surface area (Å²) in [6.07, 6.45) is -2.17. The number of para-hydroxylation sites is 4. The summed E-state index contributed by atoms with van der Waals surface area (Å²) in [5.41, 5.74) is 12.4. The van der Waals surface area contributed by atoms with Crippen LogP contribution in [-0.4, -0.2) is 14.8 Å². The molecule has 0 fully saturated rings. The van der Waals surface area contributed by atoms with Crippen LogP contribution in [0.15, 0.2) is 179 Å². The van der Waals surface area contributed by atoms with Crippen molar-refractivity contribution in [3.05, 3.63) is 187 Å². The van der Waals surface area contributed by atoms with Crippen molar-refractivity contribution in [2.45, 2.75) is 31.7 Å². The van der Waals surface area contributed by atoms with Gasteiger partial charge in [0.15, 0.2) is 12.2 Å². The molecule has 7 heterocycles. The number of aromatic nitrogens is 6. The number of furan rings is 2. The fourth-order valence-electron chi connectivity index (χ4n) is 10.5. The summed E-state index contributed by atoms with van der Waals surface area (Å²) < 4.78 is 63.1. The summed E-state index contributed by atoms with van der Waals surface area (Å²) in [5.74, 6) is -1.05. The first kappa shape index (κ1) is 38.3. The lowest BCUT2D eigenvalue weighted by molar-refractivity contribution is -0.757. The minimum atomic E-state index is -4.67. The maximum absolute atomic E-state index is 13.8. The first-order chi connectivity index (χ1) is 32.3. The molecule has 0 N–H and O–H groups in total. The van der Waals surface area contributed by atoms with Gasteiger partial charge in [0.1, 0.15) is 22.3 Å². The van der Waals surface area contributed by atoms with Crippen molar-refractivity contribution in [2.75, 3.05) is 0 Å². The van der Waals surface area contributed by atoms with Crippen molar-refractivity contribution in [1.82, 2.24) is 14.8 Å². The van der Waals surface area contributed by atoms with E-state index in [0.717, 1.165) is 93.8 Å². The van der Waals surface area contributed by atoms with E-state index in [9.17, 15) is 13.2 Å². The molecule has 0 saturated heterocycles. The van der Waals surface area contributed by atoms with Gasteiger partial charge in [0.2, 0.25) is 47.0 Å². The lowest BCUT2D eigenvalue weighted by Gasteiger charge is -2.15. The molecule has 0 saturated carbocycles. The number of pyridine rings is 3. The molecule has 1 unspecified atom stereocenters. The third kappa shape index (κ3) is 5.82. The fraction of sp³-hybridized carbons (Fsp3) is 0.109. The predicted molar refractivity (Wildman–Crippen MR) is 247 cm³/mol. The van der Waals surface area contributed by atoms with Crippen LogP contribution in [-0.2, 0) is 32.7 Å². The summed E-state index contributed by atoms with van der Waals surface area (Å²) in [6.45, 7) is 0.886. The number of fused-ring (bicyclic) bond motifs is 13. The lowest BCUT2D eigenvalue weighted by Crippen LogP contribution is -2.47. The second-order valence-corrected chi connectivity index (χ2v) is 17.0. The molecule has 13 rings (SSSR count). The molecule has 8 nitrogen and oxygen atoms in total. The molecule has 11 heteroatoms. The van der Waals surface area contributed by atoms with Crippen LogP contribution in [0.2, 0.25) is 0 Å². The van der Waals surface area contributed by atoms with Gasteiger partial charge in [-0.2, -0.15) is 31.9 Å². The number of alkyl halides is 3. The average Bonchev–Trinajstić information content (AvgIpc) is 4.11. The van der Waals surface area contributed by atoms with Gasteiger partial charge in [-0.15, -0.1) is 5.10 Å². The highest BCUT2D eigenvalue weighted by atomic mass is 19.4. The first-order valence-electron chi connectivity index (χ1n) is 22.0. The summed E-state index contributed by atoms with van der Waals surface area (Å²) in [4.78, 5) is 3.95. The third-order valence-electron chi connectivity index (χ3n) is 13.4. The molecule has 0 aliphatic carbocycles. The Hall–Kier alpha value is -8.18. The maximum Gasteiger partial charge on any atom is 0.453 e. The number of hydrogen-bond donors (Lipinski definition) is 0. The van der Waals surface area contributed by atoms with Crippen molar-refractivity contribution < 1.29 is 35.7 Å². The Balaban J connectivity index is 1.02. The SMILES string of the molecule is Cn1nc(C(F)(F)F)nc1-c1cccc[n+]1CC[n+]1c(-c2c(CC3c4ccc5c(oc6ccccc65)c4-c4ccc5ccccc5[n+]43)ccc3c2oc2ccccc23)ccc2ccccc21. The van der Waals surface area contributed by atoms with Crippen LogP contribution in [0, 0.1) is 0 Å². The molecule has 66 heavy (non-hydrogen) atoms. The zero-order valence-electron chi connectivity index (χ0n) is 35.5. The summed E-state index contributed by atoms with van der Waals surface area (Å²) in [6, 6.07) is 56.3. The molecule has 6 aromatic carbocycles. The van der Waals surface area contributed by atoms with E-state index in [0.29, 0.717) is 25.2 Å². The van der Waals surface area contributed by atoms with Gasteiger partial charge in [0.25, 0.3) is 5.82 Å². The predicted octanol–water partition coefficient (Wildman–Crippen LogP) is 11.6. The number of benzene rings is 6. The standard InChI is InChI=1S/C55H38F3N6O2/c1-61-53(59-54(60-61)55(56,57)58)45-18-10-11-29-62(45)30-31-63-41-16-6-2-12-33(41)22-27-43(63)49-35(21-24-38-36-14-4-8-19-47(36)65-51(38)49)32-46-40-26-25-39-37-15-5-9-20-48(37)66-52(39)50(40)44-28-23-34-13-3-7-17-42(34)64(44)46/h2-29,46H,30-32H2,1H3/q+3. The molecule has 6 aromatic heterocycles. The molecule has 0 bridgehead atoms. The number of aryl methyl sites for hydroxylation is 3. The maximum atomic E-state index is 13.8. The molecular weight excluding hydrogens is 834 g/mol. The van der Waals surface area contributed by atoms with Crippen LogP contribution in [0.5, 0.6) is 0 Å². The van der Waals surface area contributed by atoms with E-state index in [4.69, 9.17) is 8.83 Å². The van der Waals surface area contributed by atoms with E-state index < -0.39 is 12.0 Å². The minimum Gasteiger partial charge on any atom is -0.455 e. The lowest BCUT2D eigenvalue weighted by atomic mass is 9.91. The van der Waals surface area contributed by atoms with Gasteiger partial charge in [-0.25, -0.2) is 4.68 Å².